The van der Waals surface area contributed by atoms with Crippen LogP contribution in [0.2, 0.25) is 0 Å². The molecule has 0 aromatic heterocycles. The molecule has 0 saturated heterocycles. The van der Waals surface area contributed by atoms with Crippen molar-refractivity contribution in [2.24, 2.45) is 0 Å². The first-order valence-corrected chi connectivity index (χ1v) is 10.7. The van der Waals surface area contributed by atoms with Crippen LogP contribution in [-0.4, -0.2) is 13.1 Å². The highest BCUT2D eigenvalue weighted by molar-refractivity contribution is 5.86. The number of hydrogen-bond acceptors (Lipinski definition) is 3. The van der Waals surface area contributed by atoms with Crippen LogP contribution in [-0.2, 0) is 17.9 Å². The van der Waals surface area contributed by atoms with Crippen LogP contribution in [0.4, 0.5) is 0 Å². The maximum Gasteiger partial charge on any atom is 0.119 e. The maximum absolute atomic E-state index is 10.8. The van der Waals surface area contributed by atoms with Gasteiger partial charge in [-0.05, 0) is 28.5 Å². The number of benzene rings is 4. The van der Waals surface area contributed by atoms with Crippen LogP contribution in [0.3, 0.4) is 0 Å². The van der Waals surface area contributed by atoms with E-state index in [1.807, 2.05) is 36.4 Å². The van der Waals surface area contributed by atoms with E-state index in [-0.39, 0.29) is 0 Å². The Bertz CT molecular complexity index is 1090. The zero-order chi connectivity index (χ0) is 22.8. The smallest absolute Gasteiger partial charge is 0.119 e. The summed E-state index contributed by atoms with van der Waals surface area (Å²) in [4.78, 5) is 10.8. The summed E-state index contributed by atoms with van der Waals surface area (Å²) in [6.07, 6.45) is 0. The van der Waals surface area contributed by atoms with Gasteiger partial charge < -0.3 is 20.0 Å². The summed E-state index contributed by atoms with van der Waals surface area (Å²) in [5, 5.41) is 15.2. The highest BCUT2D eigenvalue weighted by atomic mass is 16.5. The lowest BCUT2D eigenvalue weighted by molar-refractivity contribution is -0.686. The average molecular weight is 428 g/mol. The fourth-order valence-electron chi connectivity index (χ4n) is 3.41. The van der Waals surface area contributed by atoms with Crippen LogP contribution < -0.4 is 15.2 Å². The summed E-state index contributed by atoms with van der Waals surface area (Å²) in [6.45, 7) is 3.73. The molecule has 0 radical (unpaired) electrons. The van der Waals surface area contributed by atoms with Crippen LogP contribution >= 0.6 is 0 Å². The van der Waals surface area contributed by atoms with E-state index in [1.165, 1.54) is 11.1 Å². The summed E-state index contributed by atoms with van der Waals surface area (Å²) in [7, 11) is 1.62. The van der Waals surface area contributed by atoms with Crippen molar-refractivity contribution in [3.8, 4) is 5.75 Å². The number of rotatable bonds is 7. The van der Waals surface area contributed by atoms with Crippen molar-refractivity contribution in [2.75, 3.05) is 7.11 Å². The Morgan fingerprint density at radius 1 is 0.812 bits per heavy atom. The Balaban J connectivity index is 0.000000182. The van der Waals surface area contributed by atoms with Crippen molar-refractivity contribution in [1.82, 2.24) is 0 Å². The van der Waals surface area contributed by atoms with Gasteiger partial charge in [-0.1, -0.05) is 91.9 Å². The molecule has 32 heavy (non-hydrogen) atoms. The lowest BCUT2D eigenvalue weighted by Crippen LogP contribution is -2.80. The molecule has 2 N–H and O–H groups in total. The van der Waals surface area contributed by atoms with Gasteiger partial charge in [-0.25, -0.2) is 0 Å². The van der Waals surface area contributed by atoms with Crippen LogP contribution in [0.15, 0.2) is 97.1 Å². The molecule has 4 aromatic rings. The second kappa shape index (κ2) is 11.7. The Labute approximate surface area is 189 Å². The molecular weight excluding hydrogens is 398 g/mol. The first kappa shape index (κ1) is 23.0. The zero-order valence-corrected chi connectivity index (χ0v) is 18.5. The zero-order valence-electron chi connectivity index (χ0n) is 18.5. The molecule has 0 bridgehead atoms. The third-order valence-electron chi connectivity index (χ3n) is 5.37. The quantitative estimate of drug-likeness (QED) is 0.490. The number of carboxylic acid groups (broad SMARTS) is 1. The monoisotopic (exact) mass is 427 g/mol. The Kier molecular flexibility index (Phi) is 8.41. The van der Waals surface area contributed by atoms with Crippen LogP contribution in [0, 0.1) is 0 Å². The summed E-state index contributed by atoms with van der Waals surface area (Å²) in [5.41, 5.74) is 3.52. The molecule has 4 heteroatoms. The predicted octanol–water partition coefficient (Wildman–Crippen LogP) is 3.65. The molecule has 0 amide bonds. The number of aliphatic carboxylic acids is 1. The van der Waals surface area contributed by atoms with E-state index in [9.17, 15) is 9.90 Å². The van der Waals surface area contributed by atoms with Gasteiger partial charge in [-0.15, -0.1) is 0 Å². The van der Waals surface area contributed by atoms with Gasteiger partial charge in [0.1, 0.15) is 18.8 Å². The molecule has 0 aliphatic rings. The molecule has 0 heterocycles. The Morgan fingerprint density at radius 3 is 1.88 bits per heavy atom. The fourth-order valence-corrected chi connectivity index (χ4v) is 3.41. The van der Waals surface area contributed by atoms with E-state index >= 15 is 0 Å². The number of hydrogen-bond donors (Lipinski definition) is 1. The number of quaternary nitrogens is 1. The topological polar surface area (TPSA) is 66.0 Å². The Morgan fingerprint density at radius 2 is 1.34 bits per heavy atom. The van der Waals surface area contributed by atoms with Gasteiger partial charge in [0.2, 0.25) is 0 Å². The number of ether oxygens (including phenoxy) is 1. The van der Waals surface area contributed by atoms with Crippen molar-refractivity contribution >= 4 is 16.7 Å². The Hall–Kier alpha value is -3.63. The van der Waals surface area contributed by atoms with Crippen molar-refractivity contribution in [3.05, 3.63) is 114 Å². The molecule has 0 aliphatic heterocycles. The third-order valence-corrected chi connectivity index (χ3v) is 5.37. The highest BCUT2D eigenvalue weighted by Gasteiger charge is 2.07. The molecule has 4 rings (SSSR count). The van der Waals surface area contributed by atoms with Gasteiger partial charge >= 0.3 is 0 Å². The van der Waals surface area contributed by atoms with E-state index in [0.717, 1.165) is 35.2 Å². The van der Waals surface area contributed by atoms with E-state index < -0.39 is 11.9 Å². The fraction of sp³-hybridized carbons (Fsp3) is 0.179. The number of carbonyl (C=O) groups excluding carboxylic acids is 1. The van der Waals surface area contributed by atoms with E-state index in [1.54, 1.807) is 14.0 Å². The first-order valence-electron chi connectivity index (χ1n) is 10.7. The summed E-state index contributed by atoms with van der Waals surface area (Å²) >= 11 is 0. The molecule has 4 nitrogen and oxygen atoms in total. The molecule has 0 saturated carbocycles. The van der Waals surface area contributed by atoms with Crippen LogP contribution in [0.5, 0.6) is 5.75 Å². The standard InChI is InChI=1S/C14H15N.C14H14O3/c1-3-7-13(8-4-1)11-15-12-14-9-5-2-6-10-14;1-9(14(15)16)10-3-4-12-8-13(17-2)6-5-11(12)7-10/h1-10,15H,11-12H2;3-9H,1-2H3,(H,15,16)/t;9-/m.0/s1. The van der Waals surface area contributed by atoms with Crippen molar-refractivity contribution < 1.29 is 20.0 Å². The normalized spacial score (nSPS) is 11.3. The molecule has 0 spiro atoms. The SMILES string of the molecule is COc1ccc2cc([C@H](C)C(=O)[O-])ccc2c1.c1ccc(C[NH2+]Cc2ccccc2)cc1. The van der Waals surface area contributed by atoms with Crippen molar-refractivity contribution in [1.29, 1.82) is 0 Å². The predicted molar refractivity (Wildman–Crippen MR) is 126 cm³/mol. The van der Waals surface area contributed by atoms with E-state index in [0.29, 0.717) is 0 Å². The lowest BCUT2D eigenvalue weighted by atomic mass is 9.98. The number of carbonyl (C=O) groups is 1. The second-order valence-corrected chi connectivity index (χ2v) is 7.68. The molecule has 1 atom stereocenters. The van der Waals surface area contributed by atoms with E-state index in [2.05, 4.69) is 66.0 Å². The number of nitrogens with two attached hydrogens (primary N) is 1. The van der Waals surface area contributed by atoms with Gasteiger partial charge in [0, 0.05) is 23.0 Å². The van der Waals surface area contributed by atoms with Gasteiger partial charge in [0.15, 0.2) is 0 Å². The molecule has 0 fully saturated rings. The highest BCUT2D eigenvalue weighted by Crippen LogP contribution is 2.24. The van der Waals surface area contributed by atoms with E-state index in [4.69, 9.17) is 4.74 Å². The van der Waals surface area contributed by atoms with Gasteiger partial charge in [0.25, 0.3) is 0 Å². The third kappa shape index (κ3) is 6.69. The summed E-state index contributed by atoms with van der Waals surface area (Å²) < 4.78 is 5.13. The summed E-state index contributed by atoms with van der Waals surface area (Å²) in [6, 6.07) is 32.4. The maximum atomic E-state index is 10.8. The molecule has 0 unspecified atom stereocenters. The first-order chi connectivity index (χ1) is 15.6. The number of methoxy groups -OCH3 is 1. The molecule has 0 aliphatic carbocycles. The van der Waals surface area contributed by atoms with Crippen molar-refractivity contribution in [2.45, 2.75) is 25.9 Å². The van der Waals surface area contributed by atoms with Crippen LogP contribution in [0.1, 0.15) is 29.5 Å². The number of carboxylic acids is 1. The summed E-state index contributed by atoms with van der Waals surface area (Å²) in [5.74, 6) is -0.863. The molecule has 4 aromatic carbocycles. The minimum absolute atomic E-state index is 0.596. The second-order valence-electron chi connectivity index (χ2n) is 7.68. The number of fused-ring (bicyclic) bond motifs is 1. The van der Waals surface area contributed by atoms with Crippen molar-refractivity contribution in [3.63, 3.8) is 0 Å². The van der Waals surface area contributed by atoms with Gasteiger partial charge in [-0.3, -0.25) is 0 Å². The largest absolute Gasteiger partial charge is 0.550 e. The molecular formula is C28H29NO3. The minimum atomic E-state index is -1.06. The average Bonchev–Trinajstić information content (AvgIpc) is 2.84. The lowest BCUT2D eigenvalue weighted by Gasteiger charge is -2.13. The molecule has 164 valence electrons. The van der Waals surface area contributed by atoms with Crippen LogP contribution in [0.25, 0.3) is 10.8 Å². The van der Waals surface area contributed by atoms with Gasteiger partial charge in [0.05, 0.1) is 7.11 Å². The minimum Gasteiger partial charge on any atom is -0.550 e. The van der Waals surface area contributed by atoms with Gasteiger partial charge in [-0.2, -0.15) is 0 Å².